The number of aromatic nitrogens is 2. The molecule has 1 aromatic heterocycles. The molecular weight excluding hydrogens is 455 g/mol. The van der Waals surface area contributed by atoms with Crippen LogP contribution >= 0.6 is 0 Å². The van der Waals surface area contributed by atoms with E-state index in [9.17, 15) is 23.6 Å². The van der Waals surface area contributed by atoms with Crippen LogP contribution in [-0.4, -0.2) is 70.1 Å². The molecule has 1 N–H and O–H groups in total. The van der Waals surface area contributed by atoms with Crippen LogP contribution in [0.15, 0.2) is 27.8 Å². The molecular formula is C25H33FN4O5. The van der Waals surface area contributed by atoms with Crippen LogP contribution in [0.2, 0.25) is 0 Å². The van der Waals surface area contributed by atoms with Crippen LogP contribution in [0.5, 0.6) is 5.75 Å². The molecule has 1 aliphatic heterocycles. The number of methoxy groups -OCH3 is 1. The van der Waals surface area contributed by atoms with Gasteiger partial charge < -0.3 is 19.5 Å². The Labute approximate surface area is 202 Å². The third kappa shape index (κ3) is 5.26. The second kappa shape index (κ2) is 9.83. The lowest BCUT2D eigenvalue weighted by atomic mass is 9.81. The zero-order valence-electron chi connectivity index (χ0n) is 20.5. The van der Waals surface area contributed by atoms with Crippen molar-refractivity contribution in [3.8, 4) is 5.75 Å². The Morgan fingerprint density at radius 3 is 2.29 bits per heavy atom. The van der Waals surface area contributed by atoms with Crippen LogP contribution < -0.4 is 16.0 Å². The van der Waals surface area contributed by atoms with E-state index in [0.29, 0.717) is 62.2 Å². The average molecular weight is 489 g/mol. The van der Waals surface area contributed by atoms with Gasteiger partial charge in [0.2, 0.25) is 5.91 Å². The highest BCUT2D eigenvalue weighted by atomic mass is 19.1. The van der Waals surface area contributed by atoms with Gasteiger partial charge in [-0.2, -0.15) is 0 Å². The number of nitrogens with one attached hydrogen (secondary N) is 1. The molecule has 1 saturated heterocycles. The number of hydrogen-bond acceptors (Lipinski definition) is 5. The Morgan fingerprint density at radius 1 is 1.06 bits per heavy atom. The number of fused-ring (bicyclic) bond motifs is 1. The Balaban J connectivity index is 1.34. The summed E-state index contributed by atoms with van der Waals surface area (Å²) in [7, 11) is 1.52. The highest BCUT2D eigenvalue weighted by Gasteiger charge is 2.36. The molecule has 1 aromatic carbocycles. The van der Waals surface area contributed by atoms with Crippen molar-refractivity contribution in [1.29, 1.82) is 0 Å². The lowest BCUT2D eigenvalue weighted by Gasteiger charge is -2.39. The minimum absolute atomic E-state index is 0.0721. The van der Waals surface area contributed by atoms with E-state index < -0.39 is 17.3 Å². The number of amides is 2. The molecule has 35 heavy (non-hydrogen) atoms. The first kappa shape index (κ1) is 24.9. The van der Waals surface area contributed by atoms with Gasteiger partial charge in [-0.05, 0) is 63.6 Å². The highest BCUT2D eigenvalue weighted by molar-refractivity contribution is 5.85. The minimum atomic E-state index is -1.91. The Bertz CT molecular complexity index is 1220. The van der Waals surface area contributed by atoms with E-state index in [4.69, 9.17) is 4.74 Å². The van der Waals surface area contributed by atoms with E-state index >= 15 is 0 Å². The number of aromatic amines is 1. The molecule has 1 aliphatic carbocycles. The maximum atomic E-state index is 13.9. The van der Waals surface area contributed by atoms with Crippen LogP contribution in [0.1, 0.15) is 39.5 Å². The number of ether oxygens (including phenoxy) is 1. The highest BCUT2D eigenvalue weighted by Crippen LogP contribution is 2.31. The number of nitrogens with zero attached hydrogens (tertiary/aromatic N) is 3. The minimum Gasteiger partial charge on any atom is -0.497 e. The van der Waals surface area contributed by atoms with Crippen molar-refractivity contribution >= 4 is 22.7 Å². The van der Waals surface area contributed by atoms with Crippen LogP contribution in [0.25, 0.3) is 10.9 Å². The fourth-order valence-corrected chi connectivity index (χ4v) is 5.14. The number of halogens is 1. The molecule has 190 valence electrons. The zero-order valence-corrected chi connectivity index (χ0v) is 20.5. The van der Waals surface area contributed by atoms with Gasteiger partial charge in [-0.3, -0.25) is 19.0 Å². The van der Waals surface area contributed by atoms with Gasteiger partial charge in [-0.15, -0.1) is 0 Å². The molecule has 1 saturated carbocycles. The summed E-state index contributed by atoms with van der Waals surface area (Å²) in [6.07, 6.45) is 2.86. The van der Waals surface area contributed by atoms with Crippen molar-refractivity contribution in [2.75, 3.05) is 33.3 Å². The monoisotopic (exact) mass is 488 g/mol. The van der Waals surface area contributed by atoms with Crippen LogP contribution in [0.4, 0.5) is 4.39 Å². The van der Waals surface area contributed by atoms with Crippen molar-refractivity contribution in [1.82, 2.24) is 19.4 Å². The fraction of sp³-hybridized carbons (Fsp3) is 0.600. The molecule has 0 atom stereocenters. The number of carbonyl (C=O) groups is 2. The number of piperazine rings is 1. The van der Waals surface area contributed by atoms with E-state index in [1.165, 1.54) is 30.4 Å². The van der Waals surface area contributed by atoms with Gasteiger partial charge in [-0.1, -0.05) is 0 Å². The van der Waals surface area contributed by atoms with Gasteiger partial charge in [0.15, 0.2) is 5.67 Å². The molecule has 2 amide bonds. The van der Waals surface area contributed by atoms with Crippen molar-refractivity contribution in [3.05, 3.63) is 39.0 Å². The zero-order chi connectivity index (χ0) is 25.3. The predicted molar refractivity (Wildman–Crippen MR) is 129 cm³/mol. The van der Waals surface area contributed by atoms with Crippen molar-refractivity contribution in [3.63, 3.8) is 0 Å². The molecule has 0 bridgehead atoms. The second-order valence-electron chi connectivity index (χ2n) is 10.1. The molecule has 2 aromatic rings. The first-order valence-corrected chi connectivity index (χ1v) is 12.2. The Hall–Kier alpha value is -3.17. The van der Waals surface area contributed by atoms with Gasteiger partial charge in [0.1, 0.15) is 5.75 Å². The summed E-state index contributed by atoms with van der Waals surface area (Å²) in [5, 5.41) is 0.404. The average Bonchev–Trinajstić information content (AvgIpc) is 2.85. The van der Waals surface area contributed by atoms with Crippen molar-refractivity contribution < 1.29 is 18.7 Å². The normalized spacial score (nSPS) is 21.3. The summed E-state index contributed by atoms with van der Waals surface area (Å²) in [5.41, 5.74) is -2.21. The number of benzene rings is 1. The van der Waals surface area contributed by atoms with Crippen molar-refractivity contribution in [2.45, 2.75) is 51.7 Å². The summed E-state index contributed by atoms with van der Waals surface area (Å²) in [6.45, 7) is 4.31. The smallest absolute Gasteiger partial charge is 0.328 e. The number of hydrogen-bond donors (Lipinski definition) is 1. The SMILES string of the molecule is COc1ccc2[nH]c(=O)n(CC3CCC(C(=O)N4CCN(C(=O)C(C)(C)F)CC4)CC3)c(=O)c2c1. The van der Waals surface area contributed by atoms with E-state index in [1.807, 2.05) is 0 Å². The Kier molecular flexibility index (Phi) is 7.00. The summed E-state index contributed by atoms with van der Waals surface area (Å²) < 4.78 is 20.4. The standard InChI is InChI=1S/C25H33FN4O5/c1-25(2,26)23(33)29-12-10-28(11-13-29)21(31)17-6-4-16(5-7-17)15-30-22(32)19-14-18(35-3)8-9-20(19)27-24(30)34/h8-9,14,16-17H,4-7,10-13,15H2,1-3H3,(H,27,34). The van der Waals surface area contributed by atoms with Gasteiger partial charge in [-0.25, -0.2) is 9.18 Å². The molecule has 9 nitrogen and oxygen atoms in total. The summed E-state index contributed by atoms with van der Waals surface area (Å²) in [6, 6.07) is 4.98. The largest absolute Gasteiger partial charge is 0.497 e. The van der Waals surface area contributed by atoms with Gasteiger partial charge in [0.05, 0.1) is 18.0 Å². The van der Waals surface area contributed by atoms with Crippen LogP contribution in [-0.2, 0) is 16.1 Å². The quantitative estimate of drug-likeness (QED) is 0.693. The van der Waals surface area contributed by atoms with E-state index in [2.05, 4.69) is 4.98 Å². The topological polar surface area (TPSA) is 105 Å². The van der Waals surface area contributed by atoms with Gasteiger partial charge in [0, 0.05) is 38.6 Å². The molecule has 2 aliphatic rings. The second-order valence-corrected chi connectivity index (χ2v) is 10.1. The molecule has 4 rings (SSSR count). The first-order chi connectivity index (χ1) is 16.6. The van der Waals surface area contributed by atoms with E-state index in [1.54, 1.807) is 23.1 Å². The number of H-pyrrole nitrogens is 1. The molecule has 2 fully saturated rings. The number of rotatable bonds is 5. The maximum Gasteiger partial charge on any atom is 0.328 e. The fourth-order valence-electron chi connectivity index (χ4n) is 5.14. The van der Waals surface area contributed by atoms with Gasteiger partial charge in [0.25, 0.3) is 11.5 Å². The predicted octanol–water partition coefficient (Wildman–Crippen LogP) is 1.92. The molecule has 0 spiro atoms. The third-order valence-corrected chi connectivity index (χ3v) is 7.21. The van der Waals surface area contributed by atoms with E-state index in [-0.39, 0.29) is 23.3 Å². The molecule has 10 heteroatoms. The lowest BCUT2D eigenvalue weighted by Crippen LogP contribution is -2.55. The van der Waals surface area contributed by atoms with Crippen LogP contribution in [0, 0.1) is 11.8 Å². The molecule has 0 unspecified atom stereocenters. The summed E-state index contributed by atoms with van der Waals surface area (Å²) >= 11 is 0. The Morgan fingerprint density at radius 2 is 1.69 bits per heavy atom. The summed E-state index contributed by atoms with van der Waals surface area (Å²) in [4.78, 5) is 56.7. The summed E-state index contributed by atoms with van der Waals surface area (Å²) in [5.74, 6) is 0.0975. The van der Waals surface area contributed by atoms with Crippen LogP contribution in [0.3, 0.4) is 0 Å². The molecule has 0 radical (unpaired) electrons. The van der Waals surface area contributed by atoms with Gasteiger partial charge >= 0.3 is 5.69 Å². The lowest BCUT2D eigenvalue weighted by molar-refractivity contribution is -0.148. The van der Waals surface area contributed by atoms with E-state index in [0.717, 1.165) is 12.8 Å². The maximum absolute atomic E-state index is 13.9. The van der Waals surface area contributed by atoms with Crippen molar-refractivity contribution in [2.24, 2.45) is 11.8 Å². The third-order valence-electron chi connectivity index (χ3n) is 7.21. The first-order valence-electron chi connectivity index (χ1n) is 12.2. The number of alkyl halides is 1. The number of carbonyl (C=O) groups excluding carboxylic acids is 2. The molecule has 2 heterocycles.